The van der Waals surface area contributed by atoms with Crippen LogP contribution in [0.4, 0.5) is 10.1 Å². The van der Waals surface area contributed by atoms with Crippen molar-refractivity contribution in [3.8, 4) is 11.4 Å². The van der Waals surface area contributed by atoms with Gasteiger partial charge in [-0.25, -0.2) is 4.39 Å². The lowest BCUT2D eigenvalue weighted by Crippen LogP contribution is -2.15. The lowest BCUT2D eigenvalue weighted by Gasteiger charge is -2.14. The zero-order valence-corrected chi connectivity index (χ0v) is 19.2. The Morgan fingerprint density at radius 2 is 1.86 bits per heavy atom. The predicted octanol–water partition coefficient (Wildman–Crippen LogP) is 4.70. The number of aromatic nitrogens is 5. The van der Waals surface area contributed by atoms with Crippen LogP contribution in [0.1, 0.15) is 33.2 Å². The maximum atomic E-state index is 14.5. The van der Waals surface area contributed by atoms with E-state index in [4.69, 9.17) is 9.26 Å². The molecule has 0 aliphatic heterocycles. The van der Waals surface area contributed by atoms with Gasteiger partial charge in [0, 0.05) is 5.69 Å². The quantitative estimate of drug-likeness (QED) is 0.382. The van der Waals surface area contributed by atoms with Crippen molar-refractivity contribution in [1.29, 1.82) is 0 Å². The number of carbonyl (C=O) groups excluding carboxylic acids is 1. The first-order valence-corrected chi connectivity index (χ1v) is 10.8. The zero-order chi connectivity index (χ0) is 24.5. The molecule has 0 aliphatic rings. The summed E-state index contributed by atoms with van der Waals surface area (Å²) in [5, 5.41) is 19.7. The Balaban J connectivity index is 1.48. The maximum Gasteiger partial charge on any atom is 0.259 e. The smallest absolute Gasteiger partial charge is 0.259 e. The molecular formula is C25H21FN6O3. The largest absolute Gasteiger partial charge is 0.488 e. The highest BCUT2D eigenvalue weighted by molar-refractivity contribution is 6.08. The molecule has 5 rings (SSSR count). The fourth-order valence-corrected chi connectivity index (χ4v) is 3.78. The lowest BCUT2D eigenvalue weighted by atomic mass is 10.0. The number of ether oxygens (including phenoxy) is 1. The van der Waals surface area contributed by atoms with E-state index in [1.807, 2.05) is 44.2 Å². The first-order valence-electron chi connectivity index (χ1n) is 10.8. The number of nitrogens with one attached hydrogen (secondary N) is 1. The van der Waals surface area contributed by atoms with Crippen LogP contribution in [-0.4, -0.2) is 31.3 Å². The van der Waals surface area contributed by atoms with Crippen molar-refractivity contribution in [3.05, 3.63) is 88.8 Å². The molecule has 5 aromatic rings. The van der Waals surface area contributed by atoms with Gasteiger partial charge in [0.15, 0.2) is 5.82 Å². The van der Waals surface area contributed by atoms with Gasteiger partial charge in [-0.1, -0.05) is 29.4 Å². The van der Waals surface area contributed by atoms with E-state index >= 15 is 0 Å². The summed E-state index contributed by atoms with van der Waals surface area (Å²) in [4.78, 5) is 13.4. The first-order chi connectivity index (χ1) is 16.9. The molecule has 0 bridgehead atoms. The van der Waals surface area contributed by atoms with Crippen molar-refractivity contribution in [2.24, 2.45) is 0 Å². The average molecular weight is 472 g/mol. The molecule has 0 saturated heterocycles. The van der Waals surface area contributed by atoms with Gasteiger partial charge in [-0.2, -0.15) is 4.68 Å². The monoisotopic (exact) mass is 472 g/mol. The van der Waals surface area contributed by atoms with E-state index in [9.17, 15) is 9.18 Å². The van der Waals surface area contributed by atoms with Gasteiger partial charge in [-0.3, -0.25) is 4.79 Å². The van der Waals surface area contributed by atoms with Crippen LogP contribution in [-0.2, 0) is 6.61 Å². The van der Waals surface area contributed by atoms with E-state index in [1.54, 1.807) is 13.0 Å². The number of anilines is 1. The number of nitrogens with zero attached hydrogens (tertiary/aromatic N) is 5. The summed E-state index contributed by atoms with van der Waals surface area (Å²) in [7, 11) is 0. The fourth-order valence-electron chi connectivity index (χ4n) is 3.78. The van der Waals surface area contributed by atoms with Crippen molar-refractivity contribution in [3.63, 3.8) is 0 Å². The molecule has 0 fully saturated rings. The third kappa shape index (κ3) is 4.33. The second kappa shape index (κ2) is 8.98. The second-order valence-corrected chi connectivity index (χ2v) is 8.05. The van der Waals surface area contributed by atoms with Gasteiger partial charge in [0.1, 0.15) is 29.6 Å². The predicted molar refractivity (Wildman–Crippen MR) is 126 cm³/mol. The Morgan fingerprint density at radius 3 is 2.54 bits per heavy atom. The third-order valence-electron chi connectivity index (χ3n) is 5.70. The molecule has 35 heavy (non-hydrogen) atoms. The van der Waals surface area contributed by atoms with Crippen LogP contribution in [0.5, 0.6) is 5.75 Å². The van der Waals surface area contributed by atoms with E-state index < -0.39 is 11.7 Å². The van der Waals surface area contributed by atoms with E-state index in [0.717, 1.165) is 22.0 Å². The number of rotatable bonds is 6. The van der Waals surface area contributed by atoms with Crippen LogP contribution in [0.15, 0.2) is 59.1 Å². The number of carbonyl (C=O) groups is 1. The van der Waals surface area contributed by atoms with Crippen LogP contribution in [0.25, 0.3) is 16.5 Å². The summed E-state index contributed by atoms with van der Waals surface area (Å²) in [5.41, 5.74) is 2.39. The van der Waals surface area contributed by atoms with Crippen molar-refractivity contribution in [2.75, 3.05) is 5.32 Å². The van der Waals surface area contributed by atoms with Crippen LogP contribution < -0.4 is 10.1 Å². The van der Waals surface area contributed by atoms with Crippen molar-refractivity contribution in [1.82, 2.24) is 25.4 Å². The number of hydrogen-bond acceptors (Lipinski definition) is 7. The van der Waals surface area contributed by atoms with Gasteiger partial charge >= 0.3 is 0 Å². The molecule has 0 saturated carbocycles. The van der Waals surface area contributed by atoms with Crippen LogP contribution in [0.3, 0.4) is 0 Å². The standard InChI is InChI=1S/C25H21FN6O3/c1-14-21(15(2)35-29-14)13-34-24-11-18-7-5-4-6-17(18)10-20(24)25(33)27-19-8-9-22(26)23(12-19)32-16(3)28-30-31-32/h4-12H,13H2,1-3H3,(H,27,33). The highest BCUT2D eigenvalue weighted by Gasteiger charge is 2.18. The number of halogens is 1. The summed E-state index contributed by atoms with van der Waals surface area (Å²) in [6, 6.07) is 15.5. The van der Waals surface area contributed by atoms with Crippen LogP contribution in [0, 0.1) is 26.6 Å². The second-order valence-electron chi connectivity index (χ2n) is 8.05. The topological polar surface area (TPSA) is 108 Å². The number of fused-ring (bicyclic) bond motifs is 1. The van der Waals surface area contributed by atoms with E-state index in [1.165, 1.54) is 22.9 Å². The molecule has 0 aliphatic carbocycles. The van der Waals surface area contributed by atoms with E-state index in [2.05, 4.69) is 26.0 Å². The summed E-state index contributed by atoms with van der Waals surface area (Å²) >= 11 is 0. The minimum Gasteiger partial charge on any atom is -0.488 e. The Bertz CT molecular complexity index is 1540. The van der Waals surface area contributed by atoms with Gasteiger partial charge in [-0.15, -0.1) is 5.10 Å². The molecule has 1 amide bonds. The Morgan fingerprint density at radius 1 is 1.09 bits per heavy atom. The SMILES string of the molecule is Cc1noc(C)c1COc1cc2ccccc2cc1C(=O)Nc1ccc(F)c(-n2nnnc2C)c1. The summed E-state index contributed by atoms with van der Waals surface area (Å²) in [5.74, 6) is 0.547. The molecular weight excluding hydrogens is 451 g/mol. The molecule has 10 heteroatoms. The Labute approximate surface area is 199 Å². The molecule has 3 aromatic carbocycles. The highest BCUT2D eigenvalue weighted by atomic mass is 19.1. The lowest BCUT2D eigenvalue weighted by molar-refractivity contribution is 0.102. The van der Waals surface area contributed by atoms with E-state index in [-0.39, 0.29) is 12.3 Å². The molecule has 0 radical (unpaired) electrons. The van der Waals surface area contributed by atoms with Gasteiger partial charge in [0.25, 0.3) is 5.91 Å². The minimum atomic E-state index is -0.521. The Hall–Kier alpha value is -4.60. The van der Waals surface area contributed by atoms with Gasteiger partial charge in [0.05, 0.1) is 16.8 Å². The average Bonchev–Trinajstić information content (AvgIpc) is 3.42. The molecule has 176 valence electrons. The molecule has 1 N–H and O–H groups in total. The number of amides is 1. The maximum absolute atomic E-state index is 14.5. The van der Waals surface area contributed by atoms with Gasteiger partial charge in [0.2, 0.25) is 0 Å². The molecule has 2 heterocycles. The first kappa shape index (κ1) is 22.2. The number of aryl methyl sites for hydroxylation is 3. The molecule has 0 atom stereocenters. The summed E-state index contributed by atoms with van der Waals surface area (Å²) in [6.45, 7) is 5.49. The normalized spacial score (nSPS) is 11.1. The Kier molecular flexibility index (Phi) is 5.69. The minimum absolute atomic E-state index is 0.124. The molecule has 9 nitrogen and oxygen atoms in total. The fraction of sp³-hybridized carbons (Fsp3) is 0.160. The number of tetrazole rings is 1. The molecule has 0 spiro atoms. The molecule has 0 unspecified atom stereocenters. The summed E-state index contributed by atoms with van der Waals surface area (Å²) in [6.07, 6.45) is 0. The molecule has 2 aromatic heterocycles. The highest BCUT2D eigenvalue weighted by Crippen LogP contribution is 2.29. The number of benzene rings is 3. The van der Waals surface area contributed by atoms with Crippen LogP contribution in [0.2, 0.25) is 0 Å². The van der Waals surface area contributed by atoms with Gasteiger partial charge < -0.3 is 14.6 Å². The zero-order valence-electron chi connectivity index (χ0n) is 19.2. The number of hydrogen-bond donors (Lipinski definition) is 1. The van der Waals surface area contributed by atoms with E-state index in [0.29, 0.717) is 28.6 Å². The van der Waals surface area contributed by atoms with Crippen LogP contribution >= 0.6 is 0 Å². The van der Waals surface area contributed by atoms with Crippen molar-refractivity contribution < 1.29 is 18.4 Å². The van der Waals surface area contributed by atoms with Gasteiger partial charge in [-0.05, 0) is 72.3 Å². The summed E-state index contributed by atoms with van der Waals surface area (Å²) < 4.78 is 27.0. The van der Waals surface area contributed by atoms with Crippen molar-refractivity contribution in [2.45, 2.75) is 27.4 Å². The third-order valence-corrected chi connectivity index (χ3v) is 5.70. The van der Waals surface area contributed by atoms with Crippen molar-refractivity contribution >= 4 is 22.4 Å².